The molecule has 0 spiro atoms. The Labute approximate surface area is 156 Å². The van der Waals surface area contributed by atoms with Crippen LogP contribution >= 0.6 is 23.2 Å². The number of nitrogens with zero attached hydrogens (tertiary/aromatic N) is 2. The van der Waals surface area contributed by atoms with Crippen LogP contribution in [0.15, 0.2) is 18.3 Å². The van der Waals surface area contributed by atoms with Crippen LogP contribution in [-0.2, 0) is 0 Å². The van der Waals surface area contributed by atoms with Gasteiger partial charge in [0.2, 0.25) is 0 Å². The van der Waals surface area contributed by atoms with Crippen molar-refractivity contribution in [2.75, 3.05) is 0 Å². The van der Waals surface area contributed by atoms with Gasteiger partial charge in [-0.1, -0.05) is 42.5 Å². The minimum Gasteiger partial charge on any atom is -0.345 e. The van der Waals surface area contributed by atoms with Crippen molar-refractivity contribution in [1.82, 2.24) is 14.9 Å². The quantitative estimate of drug-likeness (QED) is 0.821. The lowest BCUT2D eigenvalue weighted by Crippen LogP contribution is -2.49. The molecule has 0 aliphatic heterocycles. The second kappa shape index (κ2) is 5.62. The summed E-state index contributed by atoms with van der Waals surface area (Å²) in [6, 6.07) is 3.42. The summed E-state index contributed by atoms with van der Waals surface area (Å²) in [5.41, 5.74) is 1.10. The van der Waals surface area contributed by atoms with E-state index in [0.29, 0.717) is 21.3 Å². The first-order valence-corrected chi connectivity index (χ1v) is 9.94. The second-order valence-electron chi connectivity index (χ2n) is 8.27. The predicted molar refractivity (Wildman–Crippen MR) is 98.2 cm³/mol. The Balaban J connectivity index is 1.43. The van der Waals surface area contributed by atoms with Gasteiger partial charge in [-0.25, -0.2) is 4.52 Å². The number of amides is 1. The van der Waals surface area contributed by atoms with Gasteiger partial charge in [0.25, 0.3) is 5.91 Å². The summed E-state index contributed by atoms with van der Waals surface area (Å²) in [4.78, 5) is 12.9. The van der Waals surface area contributed by atoms with E-state index in [2.05, 4.69) is 10.4 Å². The second-order valence-corrected chi connectivity index (χ2v) is 9.11. The summed E-state index contributed by atoms with van der Waals surface area (Å²) in [6.45, 7) is 0. The third-order valence-electron chi connectivity index (χ3n) is 6.58. The number of hydrogen-bond donors (Lipinski definition) is 1. The summed E-state index contributed by atoms with van der Waals surface area (Å²) in [5.74, 6) is 2.29. The monoisotopic (exact) mass is 377 g/mol. The molecule has 2 aromatic rings. The van der Waals surface area contributed by atoms with Gasteiger partial charge in [-0.15, -0.1) is 0 Å². The van der Waals surface area contributed by atoms with Crippen molar-refractivity contribution in [3.05, 3.63) is 34.1 Å². The number of fused-ring (bicyclic) bond motifs is 3. The van der Waals surface area contributed by atoms with Gasteiger partial charge in [0.15, 0.2) is 5.69 Å². The zero-order valence-electron chi connectivity index (χ0n) is 14.0. The number of nitrogens with one attached hydrogen (secondary N) is 1. The predicted octanol–water partition coefficient (Wildman–Crippen LogP) is 4.73. The van der Waals surface area contributed by atoms with Gasteiger partial charge in [0, 0.05) is 11.7 Å². The van der Waals surface area contributed by atoms with E-state index in [1.807, 2.05) is 0 Å². The minimum atomic E-state index is -0.0866. The molecule has 4 unspecified atom stereocenters. The van der Waals surface area contributed by atoms with Crippen LogP contribution in [0.25, 0.3) is 5.52 Å². The van der Waals surface area contributed by atoms with Gasteiger partial charge in [0.05, 0.1) is 15.6 Å². The number of halogens is 2. The molecular formula is C19H21Cl2N3O. The maximum absolute atomic E-state index is 12.9. The van der Waals surface area contributed by atoms with Gasteiger partial charge in [-0.2, -0.15) is 5.10 Å². The fourth-order valence-electron chi connectivity index (χ4n) is 5.74. The maximum Gasteiger partial charge on any atom is 0.272 e. The SMILES string of the molecule is O=C(NC12CC3CCCC(C1)C(C3)C2)c1cc2c(Cl)cc(Cl)cn2n1. The average Bonchev–Trinajstić information content (AvgIpc) is 3.02. The molecule has 4 atom stereocenters. The minimum absolute atomic E-state index is 0.0208. The highest BCUT2D eigenvalue weighted by Gasteiger charge is 2.52. The molecule has 0 saturated heterocycles. The van der Waals surface area contributed by atoms with E-state index in [1.165, 1.54) is 25.7 Å². The van der Waals surface area contributed by atoms with Gasteiger partial charge < -0.3 is 5.32 Å². The summed E-state index contributed by atoms with van der Waals surface area (Å²) in [6.07, 6.45) is 10.5. The molecule has 3 aliphatic carbocycles. The number of rotatable bonds is 2. The molecule has 3 aliphatic rings. The van der Waals surface area contributed by atoms with E-state index in [9.17, 15) is 4.79 Å². The van der Waals surface area contributed by atoms with Crippen LogP contribution in [0.5, 0.6) is 0 Å². The Morgan fingerprint density at radius 2 is 2.04 bits per heavy atom. The molecule has 3 bridgehead atoms. The number of pyridine rings is 1. The zero-order chi connectivity index (χ0) is 17.2. The van der Waals surface area contributed by atoms with Crippen molar-refractivity contribution >= 4 is 34.6 Å². The molecule has 3 saturated carbocycles. The molecule has 0 aromatic carbocycles. The van der Waals surface area contributed by atoms with Crippen LogP contribution in [0.2, 0.25) is 10.0 Å². The first kappa shape index (κ1) is 16.0. The lowest BCUT2D eigenvalue weighted by Gasteiger charge is -2.38. The van der Waals surface area contributed by atoms with Crippen molar-refractivity contribution in [2.45, 2.75) is 50.5 Å². The highest BCUT2D eigenvalue weighted by atomic mass is 35.5. The molecule has 4 nitrogen and oxygen atoms in total. The number of hydrogen-bond acceptors (Lipinski definition) is 2. The van der Waals surface area contributed by atoms with Crippen LogP contribution < -0.4 is 5.32 Å². The van der Waals surface area contributed by atoms with E-state index in [1.54, 1.807) is 22.8 Å². The van der Waals surface area contributed by atoms with Crippen LogP contribution in [-0.4, -0.2) is 21.1 Å². The van der Waals surface area contributed by atoms with Gasteiger partial charge in [-0.3, -0.25) is 4.79 Å². The van der Waals surface area contributed by atoms with Crippen LogP contribution in [0, 0.1) is 17.8 Å². The van der Waals surface area contributed by atoms with Crippen molar-refractivity contribution < 1.29 is 4.79 Å². The Morgan fingerprint density at radius 3 is 2.92 bits per heavy atom. The molecule has 1 N–H and O–H groups in total. The molecule has 5 rings (SSSR count). The summed E-state index contributed by atoms with van der Waals surface area (Å²) >= 11 is 12.2. The smallest absolute Gasteiger partial charge is 0.272 e. The first-order valence-electron chi connectivity index (χ1n) is 9.18. The van der Waals surface area contributed by atoms with E-state index in [4.69, 9.17) is 23.2 Å². The summed E-state index contributed by atoms with van der Waals surface area (Å²) < 4.78 is 1.59. The summed E-state index contributed by atoms with van der Waals surface area (Å²) in [5, 5.41) is 8.77. The lowest BCUT2D eigenvalue weighted by atomic mass is 9.75. The van der Waals surface area contributed by atoms with E-state index >= 15 is 0 Å². The number of aromatic nitrogens is 2. The zero-order valence-corrected chi connectivity index (χ0v) is 15.5. The fourth-order valence-corrected chi connectivity index (χ4v) is 6.26. The van der Waals surface area contributed by atoms with Crippen LogP contribution in [0.3, 0.4) is 0 Å². The highest BCUT2D eigenvalue weighted by Crippen LogP contribution is 2.55. The van der Waals surface area contributed by atoms with Crippen LogP contribution in [0.4, 0.5) is 0 Å². The van der Waals surface area contributed by atoms with E-state index < -0.39 is 0 Å². The molecule has 0 radical (unpaired) electrons. The Morgan fingerprint density at radius 1 is 1.20 bits per heavy atom. The lowest BCUT2D eigenvalue weighted by molar-refractivity contribution is 0.0846. The molecular weight excluding hydrogens is 357 g/mol. The topological polar surface area (TPSA) is 46.4 Å². The average molecular weight is 378 g/mol. The van der Waals surface area contributed by atoms with Gasteiger partial charge in [0.1, 0.15) is 0 Å². The van der Waals surface area contributed by atoms with Crippen LogP contribution in [0.1, 0.15) is 55.4 Å². The molecule has 25 heavy (non-hydrogen) atoms. The fraction of sp³-hybridized carbons (Fsp3) is 0.579. The first-order chi connectivity index (χ1) is 12.0. The third kappa shape index (κ3) is 2.65. The Bertz CT molecular complexity index is 860. The molecule has 2 heterocycles. The molecule has 1 amide bonds. The van der Waals surface area contributed by atoms with Crippen molar-refractivity contribution in [1.29, 1.82) is 0 Å². The van der Waals surface area contributed by atoms with E-state index in [0.717, 1.165) is 37.0 Å². The largest absolute Gasteiger partial charge is 0.345 e. The van der Waals surface area contributed by atoms with Gasteiger partial charge >= 0.3 is 0 Å². The van der Waals surface area contributed by atoms with Gasteiger partial charge in [-0.05, 0) is 55.6 Å². The van der Waals surface area contributed by atoms with Crippen molar-refractivity contribution in [3.63, 3.8) is 0 Å². The van der Waals surface area contributed by atoms with Crippen molar-refractivity contribution in [3.8, 4) is 0 Å². The molecule has 3 fully saturated rings. The Hall–Kier alpha value is -1.26. The standard InChI is InChI=1S/C19H21Cl2N3O/c20-14-5-15(21)17-6-16(23-24(17)10-14)18(25)22-19-7-11-2-1-3-12(8-19)13(4-11)9-19/h5-6,10-13H,1-4,7-9H2,(H,22,25). The number of carbonyl (C=O) groups is 1. The highest BCUT2D eigenvalue weighted by molar-refractivity contribution is 6.36. The van der Waals surface area contributed by atoms with Crippen molar-refractivity contribution in [2.24, 2.45) is 17.8 Å². The maximum atomic E-state index is 12.9. The summed E-state index contributed by atoms with van der Waals surface area (Å²) in [7, 11) is 0. The molecule has 6 heteroatoms. The molecule has 2 aromatic heterocycles. The Kier molecular flexibility index (Phi) is 3.58. The van der Waals surface area contributed by atoms with E-state index in [-0.39, 0.29) is 11.4 Å². The normalized spacial score (nSPS) is 33.6. The number of carbonyl (C=O) groups excluding carboxylic acids is 1. The third-order valence-corrected chi connectivity index (χ3v) is 7.09. The molecule has 132 valence electrons.